The first-order chi connectivity index (χ1) is 14.6. The topological polar surface area (TPSA) is 92.9 Å². The van der Waals surface area contributed by atoms with Gasteiger partial charge in [-0.2, -0.15) is 0 Å². The lowest BCUT2D eigenvalue weighted by Gasteiger charge is -2.17. The molecule has 0 aliphatic rings. The van der Waals surface area contributed by atoms with Crippen LogP contribution in [0.5, 0.6) is 0 Å². The third kappa shape index (κ3) is 4.26. The lowest BCUT2D eigenvalue weighted by molar-refractivity contribution is 0.0916. The highest BCUT2D eigenvalue weighted by Crippen LogP contribution is 2.25. The predicted molar refractivity (Wildman–Crippen MR) is 113 cm³/mol. The van der Waals surface area contributed by atoms with E-state index in [4.69, 9.17) is 0 Å². The Bertz CT molecular complexity index is 1130. The molecule has 0 saturated carbocycles. The number of hydrogen-bond acceptors (Lipinski definition) is 5. The van der Waals surface area contributed by atoms with Crippen molar-refractivity contribution in [3.05, 3.63) is 95.8 Å². The van der Waals surface area contributed by atoms with Crippen molar-refractivity contribution in [2.45, 2.75) is 13.0 Å². The zero-order chi connectivity index (χ0) is 20.9. The van der Waals surface area contributed by atoms with Gasteiger partial charge in [0.1, 0.15) is 6.33 Å². The normalized spacial score (nSPS) is 11.8. The van der Waals surface area contributed by atoms with Gasteiger partial charge in [-0.25, -0.2) is 4.68 Å². The summed E-state index contributed by atoms with van der Waals surface area (Å²) in [6.45, 7) is 1.83. The molecule has 7 nitrogen and oxygen atoms in total. The number of carbonyl (C=O) groups excluding carboxylic acids is 1. The first-order valence-electron chi connectivity index (χ1n) is 9.56. The Morgan fingerprint density at radius 2 is 1.80 bits per heavy atom. The highest BCUT2D eigenvalue weighted by molar-refractivity contribution is 5.96. The van der Waals surface area contributed by atoms with Crippen LogP contribution in [0.4, 0.5) is 0 Å². The zero-order valence-electron chi connectivity index (χ0n) is 16.4. The Hall–Kier alpha value is -3.84. The molecule has 0 bridgehead atoms. The Balaban J connectivity index is 1.71. The van der Waals surface area contributed by atoms with E-state index >= 15 is 0 Å². The molecule has 0 aliphatic heterocycles. The second-order valence-electron chi connectivity index (χ2n) is 7.01. The van der Waals surface area contributed by atoms with Crippen LogP contribution in [0.25, 0.3) is 16.8 Å². The molecular formula is C23H21N5O2. The molecule has 2 N–H and O–H groups in total. The number of amides is 1. The molecule has 3 aromatic carbocycles. The summed E-state index contributed by atoms with van der Waals surface area (Å²) in [7, 11) is 0. The first-order valence-corrected chi connectivity index (χ1v) is 9.56. The standard InChI is InChI=1S/C23H21N5O2/c1-16-7-9-17(10-8-16)19-11-20(13-21(12-19)28-15-24-26-27-28)23(30)25-22(14-29)18-5-3-2-4-6-18/h2-13,15,22,29H,14H2,1H3,(H,25,30)/t22-/m0/s1. The maximum absolute atomic E-state index is 13.1. The van der Waals surface area contributed by atoms with Crippen LogP contribution in [-0.2, 0) is 0 Å². The van der Waals surface area contributed by atoms with Crippen LogP contribution < -0.4 is 5.32 Å². The molecule has 0 fully saturated rings. The van der Waals surface area contributed by atoms with Crippen LogP contribution in [0.1, 0.15) is 27.5 Å². The average Bonchev–Trinajstić information content (AvgIpc) is 3.33. The van der Waals surface area contributed by atoms with Gasteiger partial charge in [0.2, 0.25) is 0 Å². The van der Waals surface area contributed by atoms with E-state index < -0.39 is 6.04 Å². The first kappa shape index (κ1) is 19.5. The number of tetrazole rings is 1. The maximum Gasteiger partial charge on any atom is 0.251 e. The molecule has 4 rings (SSSR count). The van der Waals surface area contributed by atoms with Gasteiger partial charge in [0.05, 0.1) is 18.3 Å². The third-order valence-electron chi connectivity index (χ3n) is 4.87. The summed E-state index contributed by atoms with van der Waals surface area (Å²) in [6.07, 6.45) is 1.48. The molecule has 0 aliphatic carbocycles. The van der Waals surface area contributed by atoms with Crippen molar-refractivity contribution in [1.82, 2.24) is 25.5 Å². The SMILES string of the molecule is Cc1ccc(-c2cc(C(=O)N[C@@H](CO)c3ccccc3)cc(-n3cnnn3)c2)cc1. The molecule has 7 heteroatoms. The van der Waals surface area contributed by atoms with Gasteiger partial charge >= 0.3 is 0 Å². The number of aromatic nitrogens is 4. The number of aliphatic hydroxyl groups is 1. The van der Waals surface area contributed by atoms with Gasteiger partial charge < -0.3 is 10.4 Å². The highest BCUT2D eigenvalue weighted by Gasteiger charge is 2.17. The maximum atomic E-state index is 13.1. The van der Waals surface area contributed by atoms with Crippen LogP contribution in [0.2, 0.25) is 0 Å². The van der Waals surface area contributed by atoms with E-state index in [1.165, 1.54) is 11.0 Å². The lowest BCUT2D eigenvalue weighted by atomic mass is 10.00. The molecule has 1 atom stereocenters. The van der Waals surface area contributed by atoms with E-state index in [0.29, 0.717) is 11.3 Å². The quantitative estimate of drug-likeness (QED) is 0.520. The molecule has 4 aromatic rings. The summed E-state index contributed by atoms with van der Waals surface area (Å²) in [4.78, 5) is 13.1. The van der Waals surface area contributed by atoms with Crippen molar-refractivity contribution >= 4 is 5.91 Å². The van der Waals surface area contributed by atoms with Gasteiger partial charge in [0, 0.05) is 5.56 Å². The number of nitrogens with zero attached hydrogens (tertiary/aromatic N) is 4. The molecule has 30 heavy (non-hydrogen) atoms. The number of aryl methyl sites for hydroxylation is 1. The monoisotopic (exact) mass is 399 g/mol. The minimum atomic E-state index is -0.502. The number of benzene rings is 3. The van der Waals surface area contributed by atoms with Crippen molar-refractivity contribution in [3.63, 3.8) is 0 Å². The average molecular weight is 399 g/mol. The number of aliphatic hydroxyl groups excluding tert-OH is 1. The zero-order valence-corrected chi connectivity index (χ0v) is 16.4. The highest BCUT2D eigenvalue weighted by atomic mass is 16.3. The second kappa shape index (κ2) is 8.67. The van der Waals surface area contributed by atoms with Gasteiger partial charge in [0.15, 0.2) is 0 Å². The summed E-state index contributed by atoms with van der Waals surface area (Å²) < 4.78 is 1.51. The van der Waals surface area contributed by atoms with E-state index in [2.05, 4.69) is 20.8 Å². The summed E-state index contributed by atoms with van der Waals surface area (Å²) >= 11 is 0. The van der Waals surface area contributed by atoms with Gasteiger partial charge in [-0.15, -0.1) is 5.10 Å². The van der Waals surface area contributed by atoms with Crippen molar-refractivity contribution < 1.29 is 9.90 Å². The smallest absolute Gasteiger partial charge is 0.251 e. The van der Waals surface area contributed by atoms with Crippen LogP contribution in [-0.4, -0.2) is 37.8 Å². The van der Waals surface area contributed by atoms with Crippen LogP contribution in [0.3, 0.4) is 0 Å². The van der Waals surface area contributed by atoms with Gasteiger partial charge in [-0.1, -0.05) is 60.2 Å². The minimum absolute atomic E-state index is 0.201. The van der Waals surface area contributed by atoms with Crippen LogP contribution in [0, 0.1) is 6.92 Å². The fourth-order valence-corrected chi connectivity index (χ4v) is 3.23. The third-order valence-corrected chi connectivity index (χ3v) is 4.87. The van der Waals surface area contributed by atoms with E-state index in [0.717, 1.165) is 22.3 Å². The van der Waals surface area contributed by atoms with E-state index in [1.807, 2.05) is 73.7 Å². The van der Waals surface area contributed by atoms with Gasteiger partial charge in [0.25, 0.3) is 5.91 Å². The molecule has 0 spiro atoms. The molecule has 1 amide bonds. The summed E-state index contributed by atoms with van der Waals surface area (Å²) in [5.74, 6) is -0.291. The van der Waals surface area contributed by atoms with Crippen molar-refractivity contribution in [2.75, 3.05) is 6.61 Å². The number of carbonyl (C=O) groups is 1. The lowest BCUT2D eigenvalue weighted by Crippen LogP contribution is -2.30. The van der Waals surface area contributed by atoms with E-state index in [-0.39, 0.29) is 12.5 Å². The van der Waals surface area contributed by atoms with E-state index in [9.17, 15) is 9.90 Å². The number of nitrogens with one attached hydrogen (secondary N) is 1. The predicted octanol–water partition coefficient (Wildman–Crippen LogP) is 3.10. The largest absolute Gasteiger partial charge is 0.394 e. The summed E-state index contributed by atoms with van der Waals surface area (Å²) in [5, 5.41) is 24.0. The van der Waals surface area contributed by atoms with Crippen molar-refractivity contribution in [1.29, 1.82) is 0 Å². The second-order valence-corrected chi connectivity index (χ2v) is 7.01. The molecule has 1 heterocycles. The number of rotatable bonds is 6. The molecule has 0 radical (unpaired) electrons. The van der Waals surface area contributed by atoms with Gasteiger partial charge in [-0.05, 0) is 52.2 Å². The Morgan fingerprint density at radius 1 is 1.03 bits per heavy atom. The molecule has 150 valence electrons. The molecular weight excluding hydrogens is 378 g/mol. The molecule has 0 saturated heterocycles. The number of hydrogen-bond donors (Lipinski definition) is 2. The Kier molecular flexibility index (Phi) is 5.63. The van der Waals surface area contributed by atoms with Gasteiger partial charge in [-0.3, -0.25) is 4.79 Å². The van der Waals surface area contributed by atoms with Crippen molar-refractivity contribution in [2.24, 2.45) is 0 Å². The van der Waals surface area contributed by atoms with Crippen LogP contribution in [0.15, 0.2) is 79.1 Å². The minimum Gasteiger partial charge on any atom is -0.394 e. The Morgan fingerprint density at radius 3 is 2.47 bits per heavy atom. The fraction of sp³-hybridized carbons (Fsp3) is 0.130. The summed E-state index contributed by atoms with van der Waals surface area (Å²) in [5.41, 5.74) is 4.96. The summed E-state index contributed by atoms with van der Waals surface area (Å²) in [6, 6.07) is 22.4. The van der Waals surface area contributed by atoms with Crippen LogP contribution >= 0.6 is 0 Å². The molecule has 0 unspecified atom stereocenters. The van der Waals surface area contributed by atoms with Crippen molar-refractivity contribution in [3.8, 4) is 16.8 Å². The van der Waals surface area contributed by atoms with E-state index in [1.54, 1.807) is 6.07 Å². The molecule has 1 aromatic heterocycles. The fourth-order valence-electron chi connectivity index (χ4n) is 3.23. The Labute approximate surface area is 174 Å².